The van der Waals surface area contributed by atoms with E-state index in [4.69, 9.17) is 0 Å². The summed E-state index contributed by atoms with van der Waals surface area (Å²) in [5.41, 5.74) is 11.2. The van der Waals surface area contributed by atoms with Crippen molar-refractivity contribution in [2.45, 2.75) is 38.0 Å². The van der Waals surface area contributed by atoms with Gasteiger partial charge in [-0.2, -0.15) is 5.26 Å². The second-order valence-corrected chi connectivity index (χ2v) is 10.5. The van der Waals surface area contributed by atoms with Crippen LogP contribution >= 0.6 is 0 Å². The van der Waals surface area contributed by atoms with Crippen LogP contribution in [0.3, 0.4) is 0 Å². The van der Waals surface area contributed by atoms with E-state index in [9.17, 15) is 5.26 Å². The van der Waals surface area contributed by atoms with E-state index >= 15 is 0 Å². The van der Waals surface area contributed by atoms with Crippen molar-refractivity contribution in [2.24, 2.45) is 11.8 Å². The van der Waals surface area contributed by atoms with Gasteiger partial charge in [-0.3, -0.25) is 0 Å². The molecule has 7 rings (SSSR count). The Hall–Kier alpha value is -3.83. The van der Waals surface area contributed by atoms with E-state index in [0.29, 0.717) is 11.8 Å². The van der Waals surface area contributed by atoms with Crippen molar-refractivity contribution in [2.75, 3.05) is 4.90 Å². The Labute approximate surface area is 207 Å². The number of nitrogens with zero attached hydrogens (tertiary/aromatic N) is 2. The van der Waals surface area contributed by atoms with Crippen LogP contribution in [0.1, 0.15) is 60.4 Å². The summed E-state index contributed by atoms with van der Waals surface area (Å²) >= 11 is 0. The molecule has 1 spiro atoms. The Bertz CT molecular complexity index is 1450. The van der Waals surface area contributed by atoms with Gasteiger partial charge in [0, 0.05) is 11.6 Å². The van der Waals surface area contributed by atoms with E-state index in [1.54, 1.807) is 0 Å². The Kier molecular flexibility index (Phi) is 4.45. The van der Waals surface area contributed by atoms with E-state index in [1.807, 2.05) is 6.07 Å². The highest BCUT2D eigenvalue weighted by molar-refractivity contribution is 5.91. The Morgan fingerprint density at radius 3 is 2.37 bits per heavy atom. The number of allylic oxidation sites excluding steroid dienone is 6. The monoisotopic (exact) mass is 452 g/mol. The van der Waals surface area contributed by atoms with Gasteiger partial charge in [0.15, 0.2) is 0 Å². The summed E-state index contributed by atoms with van der Waals surface area (Å²) < 4.78 is 0. The number of para-hydroxylation sites is 2. The summed E-state index contributed by atoms with van der Waals surface area (Å²) in [6, 6.07) is 26.9. The summed E-state index contributed by atoms with van der Waals surface area (Å²) in [6.45, 7) is 2.39. The van der Waals surface area contributed by atoms with Crippen LogP contribution in [0, 0.1) is 23.2 Å². The van der Waals surface area contributed by atoms with Crippen LogP contribution in [0.5, 0.6) is 0 Å². The molecule has 0 amide bonds. The van der Waals surface area contributed by atoms with Gasteiger partial charge in [0.2, 0.25) is 0 Å². The molecule has 2 atom stereocenters. The van der Waals surface area contributed by atoms with Gasteiger partial charge in [0.25, 0.3) is 0 Å². The zero-order valence-electron chi connectivity index (χ0n) is 20.0. The summed E-state index contributed by atoms with van der Waals surface area (Å²) in [5.74, 6) is 0.994. The third-order valence-corrected chi connectivity index (χ3v) is 8.58. The average Bonchev–Trinajstić information content (AvgIpc) is 3.19. The minimum atomic E-state index is -0.294. The van der Waals surface area contributed by atoms with Crippen LogP contribution in [0.4, 0.5) is 11.4 Å². The van der Waals surface area contributed by atoms with Gasteiger partial charge in [-0.25, -0.2) is 0 Å². The molecule has 1 aliphatic heterocycles. The van der Waals surface area contributed by atoms with E-state index in [2.05, 4.69) is 103 Å². The van der Waals surface area contributed by atoms with Gasteiger partial charge in [-0.15, -0.1) is 0 Å². The third kappa shape index (κ3) is 2.70. The van der Waals surface area contributed by atoms with Crippen molar-refractivity contribution in [3.63, 3.8) is 0 Å². The van der Waals surface area contributed by atoms with E-state index < -0.39 is 0 Å². The highest BCUT2D eigenvalue weighted by Crippen LogP contribution is 2.66. The number of anilines is 2. The minimum absolute atomic E-state index is 0.294. The fraction of sp³-hybridized carbons (Fsp3) is 0.242. The maximum atomic E-state index is 9.87. The second-order valence-electron chi connectivity index (χ2n) is 10.5. The topological polar surface area (TPSA) is 27.0 Å². The molecule has 35 heavy (non-hydrogen) atoms. The number of benzene rings is 3. The molecule has 2 nitrogen and oxygen atoms in total. The van der Waals surface area contributed by atoms with E-state index in [-0.39, 0.29) is 5.41 Å². The van der Waals surface area contributed by atoms with Crippen LogP contribution in [0.25, 0.3) is 5.57 Å². The highest BCUT2D eigenvalue weighted by Gasteiger charge is 2.56. The van der Waals surface area contributed by atoms with Crippen molar-refractivity contribution in [1.29, 1.82) is 5.26 Å². The number of hydrogen-bond donors (Lipinski definition) is 0. The molecular weight excluding hydrogens is 424 g/mol. The zero-order chi connectivity index (χ0) is 23.6. The molecule has 1 unspecified atom stereocenters. The van der Waals surface area contributed by atoms with Crippen LogP contribution < -0.4 is 4.90 Å². The number of rotatable bonds is 1. The first kappa shape index (κ1) is 20.5. The summed E-state index contributed by atoms with van der Waals surface area (Å²) in [6.07, 6.45) is 13.6. The lowest BCUT2D eigenvalue weighted by molar-refractivity contribution is 0.365. The van der Waals surface area contributed by atoms with Crippen LogP contribution in [0.2, 0.25) is 0 Å². The number of fused-ring (bicyclic) bond motifs is 9. The van der Waals surface area contributed by atoms with Crippen molar-refractivity contribution in [3.05, 3.63) is 125 Å². The first-order chi connectivity index (χ1) is 17.2. The molecule has 3 aromatic rings. The van der Waals surface area contributed by atoms with Gasteiger partial charge in [-0.05, 0) is 89.8 Å². The molecule has 4 aliphatic rings. The van der Waals surface area contributed by atoms with Gasteiger partial charge in [-0.1, -0.05) is 67.6 Å². The van der Waals surface area contributed by atoms with Crippen LogP contribution in [-0.2, 0) is 5.41 Å². The molecule has 3 aromatic carbocycles. The largest absolute Gasteiger partial charge is 0.314 e. The quantitative estimate of drug-likeness (QED) is 0.374. The lowest BCUT2D eigenvalue weighted by Gasteiger charge is -2.49. The Morgan fingerprint density at radius 2 is 1.69 bits per heavy atom. The molecule has 0 saturated heterocycles. The Morgan fingerprint density at radius 1 is 0.943 bits per heavy atom. The number of nitriles is 1. The zero-order valence-corrected chi connectivity index (χ0v) is 20.0. The molecule has 170 valence electrons. The smallest absolute Gasteiger partial charge is 0.0991 e. The lowest BCUT2D eigenvalue weighted by Crippen LogP contribution is -2.42. The SMILES string of the molecule is C[C@H]1CC=C2c3ccc(C#N)cc3C3(c4ccccc4N(C4=CC=CCC4)c4ccccc43)C2C1. The van der Waals surface area contributed by atoms with Crippen molar-refractivity contribution in [1.82, 2.24) is 0 Å². The molecule has 0 aromatic heterocycles. The van der Waals surface area contributed by atoms with E-state index in [1.165, 1.54) is 44.9 Å². The fourth-order valence-electron chi connectivity index (χ4n) is 7.21. The first-order valence-corrected chi connectivity index (χ1v) is 12.8. The van der Waals surface area contributed by atoms with Crippen molar-refractivity contribution < 1.29 is 0 Å². The van der Waals surface area contributed by atoms with Gasteiger partial charge >= 0.3 is 0 Å². The molecule has 0 N–H and O–H groups in total. The van der Waals surface area contributed by atoms with E-state index in [0.717, 1.165) is 31.2 Å². The Balaban J connectivity index is 1.61. The minimum Gasteiger partial charge on any atom is -0.314 e. The molecule has 0 radical (unpaired) electrons. The van der Waals surface area contributed by atoms with Gasteiger partial charge in [0.1, 0.15) is 0 Å². The predicted octanol–water partition coefficient (Wildman–Crippen LogP) is 8.02. The fourth-order valence-corrected chi connectivity index (χ4v) is 7.21. The predicted molar refractivity (Wildman–Crippen MR) is 142 cm³/mol. The molecule has 1 heterocycles. The third-order valence-electron chi connectivity index (χ3n) is 8.58. The maximum Gasteiger partial charge on any atom is 0.0991 e. The van der Waals surface area contributed by atoms with Crippen molar-refractivity contribution >= 4 is 16.9 Å². The normalized spacial score (nSPS) is 22.9. The number of hydrogen-bond acceptors (Lipinski definition) is 2. The van der Waals surface area contributed by atoms with Crippen LogP contribution in [-0.4, -0.2) is 0 Å². The first-order valence-electron chi connectivity index (χ1n) is 12.8. The average molecular weight is 453 g/mol. The molecule has 2 heteroatoms. The lowest BCUT2D eigenvalue weighted by atomic mass is 9.59. The van der Waals surface area contributed by atoms with Gasteiger partial charge < -0.3 is 4.90 Å². The standard InChI is InChI=1S/C33H28N2/c1-22-15-17-25-26-18-16-23(21-34)20-30(26)33(29(25)19-22)27-11-5-7-13-31(27)35(24-9-3-2-4-10-24)32-14-8-6-12-28(32)33/h2-3,5-9,11-14,16-18,20,22,29H,4,10,15,19H2,1H3/t22-,29?/m0/s1. The maximum absolute atomic E-state index is 9.87. The van der Waals surface area contributed by atoms with Crippen molar-refractivity contribution in [3.8, 4) is 6.07 Å². The molecule has 0 fully saturated rings. The second kappa shape index (κ2) is 7.59. The molecule has 0 bridgehead atoms. The highest BCUT2D eigenvalue weighted by atomic mass is 15.2. The molecule has 3 aliphatic carbocycles. The molecule has 0 saturated carbocycles. The van der Waals surface area contributed by atoms with Gasteiger partial charge in [0.05, 0.1) is 28.4 Å². The molecular formula is C33H28N2. The summed E-state index contributed by atoms with van der Waals surface area (Å²) in [5, 5.41) is 9.87. The summed E-state index contributed by atoms with van der Waals surface area (Å²) in [4.78, 5) is 2.50. The van der Waals surface area contributed by atoms with Crippen LogP contribution in [0.15, 0.2) is 96.7 Å². The summed E-state index contributed by atoms with van der Waals surface area (Å²) in [7, 11) is 0.